The van der Waals surface area contributed by atoms with Crippen molar-refractivity contribution in [2.75, 3.05) is 19.1 Å². The number of rotatable bonds is 10. The minimum Gasteiger partial charge on any atom is -0.493 e. The summed E-state index contributed by atoms with van der Waals surface area (Å²) in [5.41, 5.74) is 4.55. The molecule has 1 aliphatic rings. The monoisotopic (exact) mass is 592 g/mol. The molecular formula is C35H32N2O7. The van der Waals surface area contributed by atoms with Gasteiger partial charge in [0.15, 0.2) is 23.0 Å². The normalized spacial score (nSPS) is 14.0. The van der Waals surface area contributed by atoms with Crippen molar-refractivity contribution in [2.45, 2.75) is 27.1 Å². The summed E-state index contributed by atoms with van der Waals surface area (Å²) in [6, 6.07) is 24.9. The van der Waals surface area contributed by atoms with E-state index in [9.17, 15) is 14.4 Å². The number of hydrogen-bond donors (Lipinski definition) is 1. The molecule has 0 spiro atoms. The van der Waals surface area contributed by atoms with E-state index in [4.69, 9.17) is 18.9 Å². The van der Waals surface area contributed by atoms with Gasteiger partial charge in [-0.3, -0.25) is 14.9 Å². The standard InChI is InChI=1S/C35H32N2O7/c1-22-10-13-27(16-23(22)2)37-34(39)28(33(38)36-35(37)40)17-25-11-14-29(31(18-25)41-3)44-21-26-12-15-30(32(19-26)42-4)43-20-24-8-6-5-7-9-24/h5-19H,20-21H2,1-4H3,(H,36,38,40)/b28-17-. The highest BCUT2D eigenvalue weighted by atomic mass is 16.5. The molecule has 9 heteroatoms. The fourth-order valence-corrected chi connectivity index (χ4v) is 4.63. The van der Waals surface area contributed by atoms with Gasteiger partial charge in [-0.2, -0.15) is 0 Å². The second-order valence-electron chi connectivity index (χ2n) is 10.2. The number of ether oxygens (including phenoxy) is 4. The van der Waals surface area contributed by atoms with Crippen LogP contribution in [0.2, 0.25) is 0 Å². The number of nitrogens with one attached hydrogen (secondary N) is 1. The SMILES string of the molecule is COc1cc(/C=C2/C(=O)NC(=O)N(c3ccc(C)c(C)c3)C2=O)ccc1OCc1ccc(OCc2ccccc2)c(OC)c1. The number of imide groups is 2. The molecule has 0 atom stereocenters. The zero-order valence-corrected chi connectivity index (χ0v) is 24.9. The maximum absolute atomic E-state index is 13.3. The van der Waals surface area contributed by atoms with Gasteiger partial charge >= 0.3 is 6.03 Å². The van der Waals surface area contributed by atoms with Crippen LogP contribution in [0.5, 0.6) is 23.0 Å². The molecule has 1 saturated heterocycles. The Kier molecular flexibility index (Phi) is 8.95. The Morgan fingerprint density at radius 2 is 1.34 bits per heavy atom. The van der Waals surface area contributed by atoms with E-state index < -0.39 is 17.8 Å². The zero-order chi connectivity index (χ0) is 31.2. The minimum atomic E-state index is -0.797. The molecule has 0 saturated carbocycles. The number of hydrogen-bond acceptors (Lipinski definition) is 7. The third kappa shape index (κ3) is 6.57. The van der Waals surface area contributed by atoms with Crippen LogP contribution in [0.1, 0.15) is 27.8 Å². The van der Waals surface area contributed by atoms with Gasteiger partial charge in [0.05, 0.1) is 19.9 Å². The molecule has 224 valence electrons. The van der Waals surface area contributed by atoms with Crippen LogP contribution in [0.25, 0.3) is 6.08 Å². The van der Waals surface area contributed by atoms with E-state index in [0.29, 0.717) is 40.9 Å². The highest BCUT2D eigenvalue weighted by molar-refractivity contribution is 6.39. The van der Waals surface area contributed by atoms with Gasteiger partial charge in [-0.15, -0.1) is 0 Å². The van der Waals surface area contributed by atoms with Crippen LogP contribution in [0.4, 0.5) is 10.5 Å². The Bertz CT molecular complexity index is 1750. The van der Waals surface area contributed by atoms with Crippen molar-refractivity contribution in [3.63, 3.8) is 0 Å². The molecule has 0 aromatic heterocycles. The summed E-state index contributed by atoms with van der Waals surface area (Å²) in [7, 11) is 3.08. The smallest absolute Gasteiger partial charge is 0.335 e. The number of carbonyl (C=O) groups excluding carboxylic acids is 3. The second-order valence-corrected chi connectivity index (χ2v) is 10.2. The van der Waals surface area contributed by atoms with Crippen molar-refractivity contribution in [1.82, 2.24) is 5.32 Å². The first-order valence-corrected chi connectivity index (χ1v) is 13.9. The average molecular weight is 593 g/mol. The average Bonchev–Trinajstić information content (AvgIpc) is 3.03. The predicted octanol–water partition coefficient (Wildman–Crippen LogP) is 6.15. The predicted molar refractivity (Wildman–Crippen MR) is 166 cm³/mol. The van der Waals surface area contributed by atoms with Crippen molar-refractivity contribution in [1.29, 1.82) is 0 Å². The number of aryl methyl sites for hydroxylation is 2. The molecule has 1 N–H and O–H groups in total. The van der Waals surface area contributed by atoms with Crippen LogP contribution in [-0.4, -0.2) is 32.1 Å². The lowest BCUT2D eigenvalue weighted by Crippen LogP contribution is -2.54. The molecule has 0 aliphatic carbocycles. The molecule has 9 nitrogen and oxygen atoms in total. The molecule has 1 aliphatic heterocycles. The van der Waals surface area contributed by atoms with Crippen LogP contribution < -0.4 is 29.2 Å². The summed E-state index contributed by atoms with van der Waals surface area (Å²) < 4.78 is 23.1. The Morgan fingerprint density at radius 1 is 0.682 bits per heavy atom. The molecular weight excluding hydrogens is 560 g/mol. The van der Waals surface area contributed by atoms with E-state index >= 15 is 0 Å². The Balaban J connectivity index is 1.30. The minimum absolute atomic E-state index is 0.180. The van der Waals surface area contributed by atoms with Crippen LogP contribution in [-0.2, 0) is 22.8 Å². The van der Waals surface area contributed by atoms with Gasteiger partial charge in [-0.1, -0.05) is 48.5 Å². The fourth-order valence-electron chi connectivity index (χ4n) is 4.63. The topological polar surface area (TPSA) is 103 Å². The van der Waals surface area contributed by atoms with Crippen LogP contribution in [0, 0.1) is 13.8 Å². The summed E-state index contributed by atoms with van der Waals surface area (Å²) in [5, 5.41) is 2.25. The maximum atomic E-state index is 13.3. The quantitative estimate of drug-likeness (QED) is 0.174. The van der Waals surface area contributed by atoms with Gasteiger partial charge in [0.2, 0.25) is 0 Å². The Hall–Kier alpha value is -5.57. The van der Waals surface area contributed by atoms with E-state index in [1.807, 2.05) is 68.4 Å². The van der Waals surface area contributed by atoms with E-state index in [-0.39, 0.29) is 12.2 Å². The van der Waals surface area contributed by atoms with E-state index in [2.05, 4.69) is 5.32 Å². The number of anilines is 1. The molecule has 0 radical (unpaired) electrons. The highest BCUT2D eigenvalue weighted by Gasteiger charge is 2.37. The zero-order valence-electron chi connectivity index (χ0n) is 24.9. The van der Waals surface area contributed by atoms with Gasteiger partial charge in [-0.05, 0) is 84.1 Å². The molecule has 4 amide bonds. The van der Waals surface area contributed by atoms with Gasteiger partial charge < -0.3 is 18.9 Å². The van der Waals surface area contributed by atoms with Crippen molar-refractivity contribution in [3.8, 4) is 23.0 Å². The Morgan fingerprint density at radius 3 is 2.02 bits per heavy atom. The molecule has 44 heavy (non-hydrogen) atoms. The lowest BCUT2D eigenvalue weighted by Gasteiger charge is -2.26. The van der Waals surface area contributed by atoms with E-state index in [1.54, 1.807) is 37.4 Å². The number of amides is 4. The van der Waals surface area contributed by atoms with Crippen LogP contribution >= 0.6 is 0 Å². The molecule has 1 heterocycles. The highest BCUT2D eigenvalue weighted by Crippen LogP contribution is 2.33. The number of urea groups is 1. The molecule has 4 aromatic carbocycles. The number of methoxy groups -OCH3 is 2. The lowest BCUT2D eigenvalue weighted by molar-refractivity contribution is -0.122. The molecule has 0 bridgehead atoms. The summed E-state index contributed by atoms with van der Waals surface area (Å²) in [6.45, 7) is 4.46. The fraction of sp³-hybridized carbons (Fsp3) is 0.171. The second kappa shape index (κ2) is 13.2. The molecule has 0 unspecified atom stereocenters. The summed E-state index contributed by atoms with van der Waals surface area (Å²) in [5.74, 6) is 0.578. The van der Waals surface area contributed by atoms with Crippen LogP contribution in [0.3, 0.4) is 0 Å². The van der Waals surface area contributed by atoms with E-state index in [1.165, 1.54) is 13.2 Å². The van der Waals surface area contributed by atoms with Gasteiger partial charge in [-0.25, -0.2) is 9.69 Å². The van der Waals surface area contributed by atoms with Gasteiger partial charge in [0.25, 0.3) is 11.8 Å². The van der Waals surface area contributed by atoms with Gasteiger partial charge in [0, 0.05) is 0 Å². The number of carbonyl (C=O) groups is 3. The molecule has 1 fully saturated rings. The number of barbiturate groups is 1. The van der Waals surface area contributed by atoms with E-state index in [0.717, 1.165) is 27.2 Å². The Labute approximate surface area is 255 Å². The maximum Gasteiger partial charge on any atom is 0.335 e. The third-order valence-electron chi connectivity index (χ3n) is 7.21. The summed E-state index contributed by atoms with van der Waals surface area (Å²) in [4.78, 5) is 39.5. The first kappa shape index (κ1) is 29.9. The third-order valence-corrected chi connectivity index (χ3v) is 7.21. The lowest BCUT2D eigenvalue weighted by atomic mass is 10.0. The van der Waals surface area contributed by atoms with Gasteiger partial charge in [0.1, 0.15) is 18.8 Å². The van der Waals surface area contributed by atoms with Crippen molar-refractivity contribution in [3.05, 3.63) is 118 Å². The largest absolute Gasteiger partial charge is 0.493 e. The number of benzene rings is 4. The van der Waals surface area contributed by atoms with Crippen LogP contribution in [0.15, 0.2) is 90.5 Å². The summed E-state index contributed by atoms with van der Waals surface area (Å²) >= 11 is 0. The first-order chi connectivity index (χ1) is 21.3. The summed E-state index contributed by atoms with van der Waals surface area (Å²) in [6.07, 6.45) is 1.42. The first-order valence-electron chi connectivity index (χ1n) is 13.9. The molecule has 5 rings (SSSR count). The number of nitrogens with zero attached hydrogens (tertiary/aromatic N) is 1. The van der Waals surface area contributed by atoms with Crippen molar-refractivity contribution in [2.24, 2.45) is 0 Å². The molecule has 4 aromatic rings. The van der Waals surface area contributed by atoms with Crippen molar-refractivity contribution >= 4 is 29.6 Å². The van der Waals surface area contributed by atoms with Crippen molar-refractivity contribution < 1.29 is 33.3 Å².